The zero-order valence-corrected chi connectivity index (χ0v) is 9.29. The zero-order valence-electron chi connectivity index (χ0n) is 9.29. The highest BCUT2D eigenvalue weighted by Gasteiger charge is 2.09. The predicted octanol–water partition coefficient (Wildman–Crippen LogP) is 2.32. The van der Waals surface area contributed by atoms with E-state index >= 15 is 0 Å². The number of aromatic nitrogens is 3. The van der Waals surface area contributed by atoms with Crippen molar-refractivity contribution in [3.63, 3.8) is 0 Å². The number of aromatic carboxylic acids is 1. The molecule has 0 saturated carbocycles. The van der Waals surface area contributed by atoms with Crippen LogP contribution in [0.4, 0.5) is 0 Å². The molecular weight excluding hydrogens is 230 g/mol. The van der Waals surface area contributed by atoms with Gasteiger partial charge in [0.25, 0.3) is 0 Å². The molecule has 2 N–H and O–H groups in total. The Hall–Kier alpha value is -2.69. The molecule has 18 heavy (non-hydrogen) atoms. The molecule has 2 aromatic heterocycles. The third-order valence-corrected chi connectivity index (χ3v) is 2.75. The van der Waals surface area contributed by atoms with Crippen LogP contribution < -0.4 is 0 Å². The number of hydrogen-bond acceptors (Lipinski definition) is 3. The monoisotopic (exact) mass is 239 g/mol. The average molecular weight is 239 g/mol. The number of carboxylic acids is 1. The number of aromatic amines is 1. The topological polar surface area (TPSA) is 78.9 Å². The molecule has 88 valence electrons. The molecule has 0 fully saturated rings. The van der Waals surface area contributed by atoms with Crippen LogP contribution in [0.1, 0.15) is 10.5 Å². The van der Waals surface area contributed by atoms with Gasteiger partial charge in [-0.15, -0.1) is 10.2 Å². The van der Waals surface area contributed by atoms with E-state index in [1.807, 2.05) is 30.5 Å². The number of H-pyrrole nitrogens is 1. The summed E-state index contributed by atoms with van der Waals surface area (Å²) in [6.07, 6.45) is 1.85. The molecule has 0 saturated heterocycles. The van der Waals surface area contributed by atoms with E-state index in [1.165, 1.54) is 6.07 Å². The fraction of sp³-hybridized carbons (Fsp3) is 0. The second-order valence-electron chi connectivity index (χ2n) is 3.86. The van der Waals surface area contributed by atoms with Crippen molar-refractivity contribution in [1.29, 1.82) is 0 Å². The summed E-state index contributed by atoms with van der Waals surface area (Å²) >= 11 is 0. The molecule has 0 aliphatic carbocycles. The van der Waals surface area contributed by atoms with E-state index in [9.17, 15) is 4.79 Å². The van der Waals surface area contributed by atoms with Crippen LogP contribution in [0.25, 0.3) is 22.2 Å². The Morgan fingerprint density at radius 2 is 2.00 bits per heavy atom. The van der Waals surface area contributed by atoms with E-state index in [2.05, 4.69) is 15.2 Å². The highest BCUT2D eigenvalue weighted by molar-refractivity contribution is 5.93. The smallest absolute Gasteiger partial charge is 0.356 e. The van der Waals surface area contributed by atoms with Gasteiger partial charge in [-0.05, 0) is 18.2 Å². The van der Waals surface area contributed by atoms with Gasteiger partial charge in [0, 0.05) is 17.1 Å². The van der Waals surface area contributed by atoms with Crippen LogP contribution >= 0.6 is 0 Å². The van der Waals surface area contributed by atoms with Gasteiger partial charge in [0.2, 0.25) is 0 Å². The molecule has 0 atom stereocenters. The molecule has 0 amide bonds. The molecular formula is C13H9N3O2. The Balaban J connectivity index is 2.14. The molecule has 0 bridgehead atoms. The van der Waals surface area contributed by atoms with Crippen molar-refractivity contribution in [2.45, 2.75) is 0 Å². The lowest BCUT2D eigenvalue weighted by molar-refractivity contribution is 0.0689. The normalized spacial score (nSPS) is 10.7. The van der Waals surface area contributed by atoms with Gasteiger partial charge in [-0.25, -0.2) is 4.79 Å². The number of fused-ring (bicyclic) bond motifs is 1. The Morgan fingerprint density at radius 3 is 2.72 bits per heavy atom. The summed E-state index contributed by atoms with van der Waals surface area (Å²) in [5.74, 6) is -1.08. The van der Waals surface area contributed by atoms with Crippen molar-refractivity contribution < 1.29 is 9.90 Å². The lowest BCUT2D eigenvalue weighted by atomic mass is 10.1. The van der Waals surface area contributed by atoms with Gasteiger partial charge in [0.05, 0.1) is 11.2 Å². The van der Waals surface area contributed by atoms with Crippen LogP contribution in [0.2, 0.25) is 0 Å². The minimum atomic E-state index is -1.08. The van der Waals surface area contributed by atoms with Crippen LogP contribution in [0.3, 0.4) is 0 Å². The van der Waals surface area contributed by atoms with E-state index in [0.29, 0.717) is 5.69 Å². The summed E-state index contributed by atoms with van der Waals surface area (Å²) in [4.78, 5) is 13.9. The summed E-state index contributed by atoms with van der Waals surface area (Å²) in [5, 5.41) is 17.5. The summed E-state index contributed by atoms with van der Waals surface area (Å²) in [5.41, 5.74) is 2.46. The number of nitrogens with one attached hydrogen (secondary N) is 1. The number of carboxylic acid groups (broad SMARTS) is 1. The largest absolute Gasteiger partial charge is 0.476 e. The minimum Gasteiger partial charge on any atom is -0.476 e. The first-order valence-electron chi connectivity index (χ1n) is 5.39. The van der Waals surface area contributed by atoms with E-state index in [1.54, 1.807) is 6.07 Å². The van der Waals surface area contributed by atoms with Crippen molar-refractivity contribution >= 4 is 16.9 Å². The van der Waals surface area contributed by atoms with Crippen molar-refractivity contribution in [2.24, 2.45) is 0 Å². The first-order chi connectivity index (χ1) is 8.75. The van der Waals surface area contributed by atoms with Crippen molar-refractivity contribution in [2.75, 3.05) is 0 Å². The van der Waals surface area contributed by atoms with Crippen molar-refractivity contribution in [1.82, 2.24) is 15.2 Å². The van der Waals surface area contributed by atoms with Gasteiger partial charge in [0.15, 0.2) is 5.69 Å². The van der Waals surface area contributed by atoms with E-state index in [-0.39, 0.29) is 5.69 Å². The molecule has 3 aromatic rings. The summed E-state index contributed by atoms with van der Waals surface area (Å²) in [6, 6.07) is 10.9. The molecule has 0 aliphatic heterocycles. The van der Waals surface area contributed by atoms with E-state index in [0.717, 1.165) is 16.5 Å². The molecule has 0 spiro atoms. The Kier molecular flexibility index (Phi) is 2.30. The van der Waals surface area contributed by atoms with Crippen LogP contribution in [0.5, 0.6) is 0 Å². The molecule has 3 rings (SSSR count). The highest BCUT2D eigenvalue weighted by Crippen LogP contribution is 2.25. The SMILES string of the molecule is O=C(O)c1ccc(-c2cccc3cc[nH]c23)nn1. The van der Waals surface area contributed by atoms with E-state index < -0.39 is 5.97 Å². The van der Waals surface area contributed by atoms with Crippen LogP contribution in [-0.4, -0.2) is 26.3 Å². The quantitative estimate of drug-likeness (QED) is 0.719. The first-order valence-corrected chi connectivity index (χ1v) is 5.39. The number of rotatable bonds is 2. The fourth-order valence-electron chi connectivity index (χ4n) is 1.89. The maximum atomic E-state index is 10.7. The van der Waals surface area contributed by atoms with Crippen LogP contribution in [-0.2, 0) is 0 Å². The lowest BCUT2D eigenvalue weighted by Gasteiger charge is -2.02. The Morgan fingerprint density at radius 1 is 1.11 bits per heavy atom. The third-order valence-electron chi connectivity index (χ3n) is 2.75. The summed E-state index contributed by atoms with van der Waals surface area (Å²) in [7, 11) is 0. The zero-order chi connectivity index (χ0) is 12.5. The predicted molar refractivity (Wildman–Crippen MR) is 66.3 cm³/mol. The van der Waals surface area contributed by atoms with Gasteiger partial charge < -0.3 is 10.1 Å². The molecule has 0 radical (unpaired) electrons. The molecule has 5 heteroatoms. The number of para-hydroxylation sites is 1. The number of carbonyl (C=O) groups is 1. The summed E-state index contributed by atoms with van der Waals surface area (Å²) in [6.45, 7) is 0. The van der Waals surface area contributed by atoms with Gasteiger partial charge in [0.1, 0.15) is 0 Å². The number of benzene rings is 1. The first kappa shape index (κ1) is 10.5. The molecule has 2 heterocycles. The average Bonchev–Trinajstić information content (AvgIpc) is 2.87. The maximum Gasteiger partial charge on any atom is 0.356 e. The molecule has 1 aromatic carbocycles. The highest BCUT2D eigenvalue weighted by atomic mass is 16.4. The maximum absolute atomic E-state index is 10.7. The van der Waals surface area contributed by atoms with Crippen LogP contribution in [0.15, 0.2) is 42.6 Å². The minimum absolute atomic E-state index is 0.0580. The molecule has 5 nitrogen and oxygen atoms in total. The molecule has 0 aliphatic rings. The van der Waals surface area contributed by atoms with Crippen molar-refractivity contribution in [3.8, 4) is 11.3 Å². The van der Waals surface area contributed by atoms with Gasteiger partial charge >= 0.3 is 5.97 Å². The fourth-order valence-corrected chi connectivity index (χ4v) is 1.89. The lowest BCUT2D eigenvalue weighted by Crippen LogP contribution is -2.02. The van der Waals surface area contributed by atoms with Crippen LogP contribution in [0, 0.1) is 0 Å². The van der Waals surface area contributed by atoms with Crippen molar-refractivity contribution in [3.05, 3.63) is 48.3 Å². The number of hydrogen-bond donors (Lipinski definition) is 2. The van der Waals surface area contributed by atoms with Gasteiger partial charge in [-0.3, -0.25) is 0 Å². The second-order valence-corrected chi connectivity index (χ2v) is 3.86. The Bertz CT molecular complexity index is 716. The molecule has 0 unspecified atom stereocenters. The van der Waals surface area contributed by atoms with Gasteiger partial charge in [-0.2, -0.15) is 0 Å². The van der Waals surface area contributed by atoms with E-state index in [4.69, 9.17) is 5.11 Å². The van der Waals surface area contributed by atoms with Gasteiger partial charge in [-0.1, -0.05) is 18.2 Å². The standard InChI is InChI=1S/C13H9N3O2/c17-13(18)11-5-4-10(15-16-11)9-3-1-2-8-6-7-14-12(8)9/h1-7,14H,(H,17,18). The second kappa shape index (κ2) is 3.96. The number of nitrogens with zero attached hydrogens (tertiary/aromatic N) is 2. The third kappa shape index (κ3) is 1.62. The Labute approximate surface area is 102 Å². The summed E-state index contributed by atoms with van der Waals surface area (Å²) < 4.78 is 0.